The minimum Gasteiger partial charge on any atom is -0.481 e. The summed E-state index contributed by atoms with van der Waals surface area (Å²) < 4.78 is 18.1. The largest absolute Gasteiger partial charge is 0.481 e. The van der Waals surface area contributed by atoms with Crippen molar-refractivity contribution in [2.75, 3.05) is 26.8 Å². The molecule has 7 heteroatoms. The first-order chi connectivity index (χ1) is 11.9. The van der Waals surface area contributed by atoms with Gasteiger partial charge in [-0.3, -0.25) is 9.59 Å². The molecule has 1 N–H and O–H groups in total. The van der Waals surface area contributed by atoms with Gasteiger partial charge in [0.2, 0.25) is 0 Å². The first kappa shape index (κ1) is 17.6. The predicted octanol–water partition coefficient (Wildman–Crippen LogP) is 3.12. The number of halogens is 1. The average molecular weight is 363 g/mol. The van der Waals surface area contributed by atoms with Crippen LogP contribution in [0.1, 0.15) is 16.1 Å². The molecule has 0 radical (unpaired) electrons. The molecule has 25 heavy (non-hydrogen) atoms. The SMILES string of the molecule is COCC1(C(=O)O)CCN(C(=O)c2ccc(-c3ccc(F)cc3)s2)C1. The van der Waals surface area contributed by atoms with Crippen LogP contribution in [0.2, 0.25) is 0 Å². The van der Waals surface area contributed by atoms with Crippen molar-refractivity contribution >= 4 is 23.2 Å². The Bertz CT molecular complexity index is 789. The summed E-state index contributed by atoms with van der Waals surface area (Å²) in [5.41, 5.74) is -0.201. The average Bonchev–Trinajstić information content (AvgIpc) is 3.23. The number of hydrogen-bond donors (Lipinski definition) is 1. The van der Waals surface area contributed by atoms with Gasteiger partial charge < -0.3 is 14.7 Å². The van der Waals surface area contributed by atoms with Crippen molar-refractivity contribution in [1.29, 1.82) is 0 Å². The fourth-order valence-electron chi connectivity index (χ4n) is 3.05. The molecule has 0 aliphatic carbocycles. The summed E-state index contributed by atoms with van der Waals surface area (Å²) in [6, 6.07) is 9.63. The second kappa shape index (κ2) is 6.93. The summed E-state index contributed by atoms with van der Waals surface area (Å²) in [4.78, 5) is 27.3. The second-order valence-corrected chi connectivity index (χ2v) is 7.25. The van der Waals surface area contributed by atoms with E-state index < -0.39 is 11.4 Å². The Morgan fingerprint density at radius 3 is 2.64 bits per heavy atom. The number of thiophene rings is 1. The number of aliphatic carboxylic acids is 1. The van der Waals surface area contributed by atoms with Crippen molar-refractivity contribution in [3.8, 4) is 10.4 Å². The van der Waals surface area contributed by atoms with Gasteiger partial charge in [-0.25, -0.2) is 4.39 Å². The summed E-state index contributed by atoms with van der Waals surface area (Å²) in [7, 11) is 1.46. The summed E-state index contributed by atoms with van der Waals surface area (Å²) in [5.74, 6) is -1.43. The van der Waals surface area contributed by atoms with E-state index in [0.29, 0.717) is 17.8 Å². The number of carbonyl (C=O) groups excluding carboxylic acids is 1. The van der Waals surface area contributed by atoms with E-state index in [1.807, 2.05) is 6.07 Å². The molecule has 1 amide bonds. The quantitative estimate of drug-likeness (QED) is 0.886. The van der Waals surface area contributed by atoms with E-state index in [1.165, 1.54) is 30.6 Å². The van der Waals surface area contributed by atoms with Crippen LogP contribution in [0.15, 0.2) is 36.4 Å². The van der Waals surface area contributed by atoms with E-state index in [4.69, 9.17) is 4.74 Å². The van der Waals surface area contributed by atoms with Crippen LogP contribution in [-0.2, 0) is 9.53 Å². The first-order valence-electron chi connectivity index (χ1n) is 7.82. The fraction of sp³-hybridized carbons (Fsp3) is 0.333. The Morgan fingerprint density at radius 2 is 2.00 bits per heavy atom. The third kappa shape index (κ3) is 3.43. The number of carboxylic acid groups (broad SMARTS) is 1. The molecule has 1 saturated heterocycles. The van der Waals surface area contributed by atoms with Crippen LogP contribution in [0, 0.1) is 11.2 Å². The summed E-state index contributed by atoms with van der Waals surface area (Å²) in [5, 5.41) is 9.49. The summed E-state index contributed by atoms with van der Waals surface area (Å²) in [6.07, 6.45) is 0.373. The number of likely N-dealkylation sites (tertiary alicyclic amines) is 1. The Balaban J connectivity index is 1.76. The van der Waals surface area contributed by atoms with E-state index in [1.54, 1.807) is 23.1 Å². The highest BCUT2D eigenvalue weighted by Gasteiger charge is 2.46. The lowest BCUT2D eigenvalue weighted by Gasteiger charge is -2.23. The molecule has 1 aromatic heterocycles. The predicted molar refractivity (Wildman–Crippen MR) is 92.2 cm³/mol. The third-order valence-electron chi connectivity index (χ3n) is 4.46. The highest BCUT2D eigenvalue weighted by atomic mass is 32.1. The van der Waals surface area contributed by atoms with Crippen LogP contribution in [0.5, 0.6) is 0 Å². The molecule has 0 bridgehead atoms. The van der Waals surface area contributed by atoms with Crippen LogP contribution in [0.3, 0.4) is 0 Å². The van der Waals surface area contributed by atoms with E-state index in [2.05, 4.69) is 0 Å². The van der Waals surface area contributed by atoms with E-state index in [0.717, 1.165) is 10.4 Å². The summed E-state index contributed by atoms with van der Waals surface area (Å²) >= 11 is 1.32. The molecule has 1 unspecified atom stereocenters. The number of nitrogens with zero attached hydrogens (tertiary/aromatic N) is 1. The van der Waals surface area contributed by atoms with Crippen molar-refractivity contribution in [3.63, 3.8) is 0 Å². The van der Waals surface area contributed by atoms with Crippen molar-refractivity contribution in [2.45, 2.75) is 6.42 Å². The molecule has 1 aromatic carbocycles. The van der Waals surface area contributed by atoms with Crippen LogP contribution >= 0.6 is 11.3 Å². The van der Waals surface area contributed by atoms with Crippen molar-refractivity contribution in [1.82, 2.24) is 4.90 Å². The van der Waals surface area contributed by atoms with Gasteiger partial charge in [0.05, 0.1) is 11.5 Å². The number of carboxylic acids is 1. The molecule has 5 nitrogen and oxygen atoms in total. The van der Waals surface area contributed by atoms with Gasteiger partial charge >= 0.3 is 5.97 Å². The smallest absolute Gasteiger partial charge is 0.313 e. The summed E-state index contributed by atoms with van der Waals surface area (Å²) in [6.45, 7) is 0.606. The normalized spacial score (nSPS) is 20.0. The number of methoxy groups -OCH3 is 1. The number of hydrogen-bond acceptors (Lipinski definition) is 4. The highest BCUT2D eigenvalue weighted by molar-refractivity contribution is 7.17. The molecule has 1 fully saturated rings. The van der Waals surface area contributed by atoms with Gasteiger partial charge in [-0.05, 0) is 36.2 Å². The molecule has 0 spiro atoms. The molecule has 2 aromatic rings. The van der Waals surface area contributed by atoms with Crippen LogP contribution in [0.4, 0.5) is 4.39 Å². The van der Waals surface area contributed by atoms with Crippen molar-refractivity contribution < 1.29 is 23.8 Å². The monoisotopic (exact) mass is 363 g/mol. The molecule has 3 rings (SSSR count). The first-order valence-corrected chi connectivity index (χ1v) is 8.64. The zero-order valence-corrected chi connectivity index (χ0v) is 14.5. The lowest BCUT2D eigenvalue weighted by atomic mass is 9.88. The van der Waals surface area contributed by atoms with Gasteiger partial charge in [0.25, 0.3) is 5.91 Å². The van der Waals surface area contributed by atoms with E-state index in [9.17, 15) is 19.1 Å². The molecule has 1 aliphatic rings. The van der Waals surface area contributed by atoms with Gasteiger partial charge in [0.15, 0.2) is 0 Å². The van der Waals surface area contributed by atoms with Crippen LogP contribution in [0.25, 0.3) is 10.4 Å². The third-order valence-corrected chi connectivity index (χ3v) is 5.58. The fourth-order valence-corrected chi connectivity index (χ4v) is 4.03. The van der Waals surface area contributed by atoms with Crippen molar-refractivity contribution in [2.24, 2.45) is 5.41 Å². The Kier molecular flexibility index (Phi) is 4.87. The Hall–Kier alpha value is -2.25. The zero-order chi connectivity index (χ0) is 18.0. The molecule has 1 aliphatic heterocycles. The molecule has 132 valence electrons. The molecular formula is C18H18FNO4S. The maximum absolute atomic E-state index is 13.0. The van der Waals surface area contributed by atoms with Crippen LogP contribution < -0.4 is 0 Å². The number of benzene rings is 1. The molecule has 2 heterocycles. The Labute approximate surface area is 148 Å². The molecular weight excluding hydrogens is 345 g/mol. The highest BCUT2D eigenvalue weighted by Crippen LogP contribution is 2.34. The zero-order valence-electron chi connectivity index (χ0n) is 13.7. The second-order valence-electron chi connectivity index (χ2n) is 6.17. The maximum atomic E-state index is 13.0. The number of ether oxygens (including phenoxy) is 1. The number of rotatable bonds is 5. The lowest BCUT2D eigenvalue weighted by molar-refractivity contribution is -0.151. The van der Waals surface area contributed by atoms with E-state index in [-0.39, 0.29) is 24.9 Å². The lowest BCUT2D eigenvalue weighted by Crippen LogP contribution is -2.40. The van der Waals surface area contributed by atoms with Gasteiger partial charge in [-0.2, -0.15) is 0 Å². The standard InChI is InChI=1S/C18H18FNO4S/c1-24-11-18(17(22)23)8-9-20(10-18)16(21)15-7-6-14(25-15)12-2-4-13(19)5-3-12/h2-7H,8-11H2,1H3,(H,22,23). The Morgan fingerprint density at radius 1 is 1.28 bits per heavy atom. The molecule has 0 saturated carbocycles. The van der Waals surface area contributed by atoms with Crippen molar-refractivity contribution in [3.05, 3.63) is 47.1 Å². The van der Waals surface area contributed by atoms with Gasteiger partial charge in [0, 0.05) is 25.1 Å². The van der Waals surface area contributed by atoms with Gasteiger partial charge in [-0.15, -0.1) is 11.3 Å². The topological polar surface area (TPSA) is 66.8 Å². The maximum Gasteiger partial charge on any atom is 0.313 e. The number of amides is 1. The molecule has 1 atom stereocenters. The number of carbonyl (C=O) groups is 2. The van der Waals surface area contributed by atoms with Gasteiger partial charge in [-0.1, -0.05) is 12.1 Å². The minimum atomic E-state index is -1.04. The van der Waals surface area contributed by atoms with Gasteiger partial charge in [0.1, 0.15) is 11.2 Å². The minimum absolute atomic E-state index is 0.0807. The van der Waals surface area contributed by atoms with Crippen LogP contribution in [-0.4, -0.2) is 48.7 Å². The van der Waals surface area contributed by atoms with E-state index >= 15 is 0 Å².